The predicted molar refractivity (Wildman–Crippen MR) is 84.3 cm³/mol. The molecule has 1 atom stereocenters. The zero-order valence-corrected chi connectivity index (χ0v) is 13.3. The second-order valence-corrected chi connectivity index (χ2v) is 5.16. The molecule has 0 aliphatic heterocycles. The standard InChI is InChI=1S/C15H26N4O2/c1-5-12(2)18-15(17-11-14(20)19(3)4)16-9-8-13-7-6-10-21-13/h6-7,10,12H,5,8-9,11H2,1-4H3,(H2,16,17,18). The van der Waals surface area contributed by atoms with E-state index < -0.39 is 0 Å². The molecule has 1 unspecified atom stereocenters. The lowest BCUT2D eigenvalue weighted by Crippen LogP contribution is -2.43. The van der Waals surface area contributed by atoms with Gasteiger partial charge in [-0.25, -0.2) is 4.99 Å². The van der Waals surface area contributed by atoms with Crippen LogP contribution in [0.3, 0.4) is 0 Å². The van der Waals surface area contributed by atoms with E-state index in [1.807, 2.05) is 12.1 Å². The molecule has 1 aromatic heterocycles. The summed E-state index contributed by atoms with van der Waals surface area (Å²) >= 11 is 0. The first-order valence-electron chi connectivity index (χ1n) is 7.30. The predicted octanol–water partition coefficient (Wildman–Crippen LogP) is 1.24. The number of aliphatic imine (C=N–C) groups is 1. The van der Waals surface area contributed by atoms with Gasteiger partial charge in [0.25, 0.3) is 0 Å². The SMILES string of the molecule is CCC(C)NC(=NCC(=O)N(C)C)NCCc1ccco1. The number of hydrogen-bond donors (Lipinski definition) is 2. The highest BCUT2D eigenvalue weighted by Gasteiger charge is 2.07. The second kappa shape index (κ2) is 9.05. The average Bonchev–Trinajstić information content (AvgIpc) is 2.96. The minimum atomic E-state index is -0.0220. The van der Waals surface area contributed by atoms with Crippen molar-refractivity contribution in [1.82, 2.24) is 15.5 Å². The van der Waals surface area contributed by atoms with Gasteiger partial charge in [0.15, 0.2) is 5.96 Å². The third-order valence-electron chi connectivity index (χ3n) is 3.11. The molecule has 21 heavy (non-hydrogen) atoms. The van der Waals surface area contributed by atoms with Crippen LogP contribution in [0.15, 0.2) is 27.8 Å². The summed E-state index contributed by atoms with van der Waals surface area (Å²) in [5, 5.41) is 6.50. The van der Waals surface area contributed by atoms with Crippen molar-refractivity contribution >= 4 is 11.9 Å². The third kappa shape index (κ3) is 6.83. The molecule has 1 aromatic rings. The minimum absolute atomic E-state index is 0.0220. The number of guanidine groups is 1. The molecular formula is C15H26N4O2. The zero-order chi connectivity index (χ0) is 15.7. The van der Waals surface area contributed by atoms with Crippen molar-refractivity contribution in [3.05, 3.63) is 24.2 Å². The van der Waals surface area contributed by atoms with Crippen LogP contribution in [0.5, 0.6) is 0 Å². The summed E-state index contributed by atoms with van der Waals surface area (Å²) in [6.07, 6.45) is 3.42. The van der Waals surface area contributed by atoms with Gasteiger partial charge in [0, 0.05) is 33.1 Å². The topological polar surface area (TPSA) is 69.9 Å². The maximum Gasteiger partial charge on any atom is 0.243 e. The van der Waals surface area contributed by atoms with Gasteiger partial charge in [-0.2, -0.15) is 0 Å². The number of rotatable bonds is 7. The normalized spacial score (nSPS) is 12.9. The van der Waals surface area contributed by atoms with Gasteiger partial charge in [-0.05, 0) is 25.5 Å². The van der Waals surface area contributed by atoms with Gasteiger partial charge >= 0.3 is 0 Å². The summed E-state index contributed by atoms with van der Waals surface area (Å²) in [4.78, 5) is 17.5. The molecule has 1 rings (SSSR count). The molecule has 0 saturated heterocycles. The fourth-order valence-corrected chi connectivity index (χ4v) is 1.54. The molecule has 0 aliphatic carbocycles. The van der Waals surface area contributed by atoms with Crippen molar-refractivity contribution in [2.45, 2.75) is 32.7 Å². The Balaban J connectivity index is 2.50. The van der Waals surface area contributed by atoms with Gasteiger partial charge in [-0.3, -0.25) is 4.79 Å². The molecule has 1 heterocycles. The largest absolute Gasteiger partial charge is 0.469 e. The van der Waals surface area contributed by atoms with Crippen LogP contribution >= 0.6 is 0 Å². The molecule has 6 heteroatoms. The fourth-order valence-electron chi connectivity index (χ4n) is 1.54. The number of furan rings is 1. The highest BCUT2D eigenvalue weighted by atomic mass is 16.3. The molecule has 1 amide bonds. The molecule has 0 aromatic carbocycles. The van der Waals surface area contributed by atoms with E-state index in [1.54, 1.807) is 20.4 Å². The second-order valence-electron chi connectivity index (χ2n) is 5.16. The van der Waals surface area contributed by atoms with E-state index in [9.17, 15) is 4.79 Å². The minimum Gasteiger partial charge on any atom is -0.469 e. The van der Waals surface area contributed by atoms with Crippen molar-refractivity contribution in [2.24, 2.45) is 4.99 Å². The van der Waals surface area contributed by atoms with E-state index in [1.165, 1.54) is 4.90 Å². The van der Waals surface area contributed by atoms with E-state index >= 15 is 0 Å². The van der Waals surface area contributed by atoms with E-state index in [4.69, 9.17) is 4.42 Å². The summed E-state index contributed by atoms with van der Waals surface area (Å²) in [6, 6.07) is 4.11. The summed E-state index contributed by atoms with van der Waals surface area (Å²) in [6.45, 7) is 5.02. The van der Waals surface area contributed by atoms with Crippen molar-refractivity contribution in [3.8, 4) is 0 Å². The molecule has 0 fully saturated rings. The molecule has 0 saturated carbocycles. The van der Waals surface area contributed by atoms with Crippen LogP contribution in [-0.4, -0.2) is 50.0 Å². The number of likely N-dealkylation sites (N-methyl/N-ethyl adjacent to an activating group) is 1. The first-order chi connectivity index (χ1) is 10.0. The molecule has 0 spiro atoms. The Hall–Kier alpha value is -1.98. The van der Waals surface area contributed by atoms with Gasteiger partial charge in [-0.15, -0.1) is 0 Å². The third-order valence-corrected chi connectivity index (χ3v) is 3.11. The lowest BCUT2D eigenvalue weighted by Gasteiger charge is -2.17. The fraction of sp³-hybridized carbons (Fsp3) is 0.600. The van der Waals surface area contributed by atoms with E-state index in [2.05, 4.69) is 29.5 Å². The van der Waals surface area contributed by atoms with Gasteiger partial charge in [0.1, 0.15) is 12.3 Å². The summed E-state index contributed by atoms with van der Waals surface area (Å²) in [7, 11) is 3.45. The Morgan fingerprint density at radius 2 is 2.24 bits per heavy atom. The van der Waals surface area contributed by atoms with Crippen LogP contribution < -0.4 is 10.6 Å². The van der Waals surface area contributed by atoms with E-state index in [0.717, 1.165) is 18.6 Å². The lowest BCUT2D eigenvalue weighted by molar-refractivity contribution is -0.127. The molecule has 0 bridgehead atoms. The average molecular weight is 294 g/mol. The quantitative estimate of drug-likeness (QED) is 0.586. The maximum absolute atomic E-state index is 11.6. The Bertz CT molecular complexity index is 441. The molecule has 2 N–H and O–H groups in total. The van der Waals surface area contributed by atoms with Crippen molar-refractivity contribution in [3.63, 3.8) is 0 Å². The van der Waals surface area contributed by atoms with Crippen molar-refractivity contribution < 1.29 is 9.21 Å². The van der Waals surface area contributed by atoms with Crippen LogP contribution in [0, 0.1) is 0 Å². The Kier molecular flexibility index (Phi) is 7.36. The van der Waals surface area contributed by atoms with Gasteiger partial charge < -0.3 is 20.0 Å². The number of nitrogens with one attached hydrogen (secondary N) is 2. The number of carbonyl (C=O) groups is 1. The van der Waals surface area contributed by atoms with Crippen LogP contribution in [0.25, 0.3) is 0 Å². The molecule has 6 nitrogen and oxygen atoms in total. The molecule has 0 radical (unpaired) electrons. The van der Waals surface area contributed by atoms with Gasteiger partial charge in [0.05, 0.1) is 6.26 Å². The maximum atomic E-state index is 11.6. The Morgan fingerprint density at radius 3 is 2.81 bits per heavy atom. The lowest BCUT2D eigenvalue weighted by atomic mass is 10.3. The van der Waals surface area contributed by atoms with E-state index in [-0.39, 0.29) is 12.5 Å². The molecule has 118 valence electrons. The number of hydrogen-bond acceptors (Lipinski definition) is 3. The molecule has 0 aliphatic rings. The van der Waals surface area contributed by atoms with Gasteiger partial charge in [-0.1, -0.05) is 6.92 Å². The highest BCUT2D eigenvalue weighted by Crippen LogP contribution is 1.99. The number of carbonyl (C=O) groups excluding carboxylic acids is 1. The van der Waals surface area contributed by atoms with Crippen LogP contribution in [0.2, 0.25) is 0 Å². The van der Waals surface area contributed by atoms with Crippen LogP contribution in [-0.2, 0) is 11.2 Å². The highest BCUT2D eigenvalue weighted by molar-refractivity contribution is 5.84. The monoisotopic (exact) mass is 294 g/mol. The van der Waals surface area contributed by atoms with Gasteiger partial charge in [0.2, 0.25) is 5.91 Å². The first kappa shape index (κ1) is 17.1. The summed E-state index contributed by atoms with van der Waals surface area (Å²) in [5.41, 5.74) is 0. The van der Waals surface area contributed by atoms with Crippen LogP contribution in [0.1, 0.15) is 26.0 Å². The first-order valence-corrected chi connectivity index (χ1v) is 7.30. The Labute approximate surface area is 126 Å². The smallest absolute Gasteiger partial charge is 0.243 e. The van der Waals surface area contributed by atoms with Crippen molar-refractivity contribution in [1.29, 1.82) is 0 Å². The van der Waals surface area contributed by atoms with Crippen molar-refractivity contribution in [2.75, 3.05) is 27.2 Å². The number of nitrogens with zero attached hydrogens (tertiary/aromatic N) is 2. The van der Waals surface area contributed by atoms with E-state index in [0.29, 0.717) is 18.5 Å². The molecular weight excluding hydrogens is 268 g/mol. The van der Waals surface area contributed by atoms with Crippen LogP contribution in [0.4, 0.5) is 0 Å². The summed E-state index contributed by atoms with van der Waals surface area (Å²) in [5.74, 6) is 1.56. The number of amides is 1. The zero-order valence-electron chi connectivity index (χ0n) is 13.3. The Morgan fingerprint density at radius 1 is 1.48 bits per heavy atom. The summed E-state index contributed by atoms with van der Waals surface area (Å²) < 4.78 is 5.29.